The molecular formula is C26H28BN3O. The molecule has 4 nitrogen and oxygen atoms in total. The molecule has 0 aliphatic heterocycles. The number of nitrogens with zero attached hydrogens (tertiary/aromatic N) is 1. The number of hydrogen-bond donors (Lipinski definition) is 2. The van der Waals surface area contributed by atoms with Gasteiger partial charge < -0.3 is 19.6 Å². The number of ether oxygens (including phenoxy) is 1. The molecule has 5 heteroatoms. The van der Waals surface area contributed by atoms with Crippen LogP contribution >= 0.6 is 0 Å². The molecule has 0 fully saturated rings. The molecule has 0 aliphatic rings. The Kier molecular flexibility index (Phi) is 5.15. The molecule has 0 saturated heterocycles. The van der Waals surface area contributed by atoms with Gasteiger partial charge in [-0.2, -0.15) is 0 Å². The summed E-state index contributed by atoms with van der Waals surface area (Å²) in [4.78, 5) is 9.53. The SMILES string of the molecule is [B]c1ccc2[nH]c3c(OCCN(C)CCCC)c4[nH]c5ccc(C)cc5c4cc3c2c1. The van der Waals surface area contributed by atoms with Crippen molar-refractivity contribution in [1.29, 1.82) is 0 Å². The van der Waals surface area contributed by atoms with E-state index in [1.165, 1.54) is 29.2 Å². The summed E-state index contributed by atoms with van der Waals surface area (Å²) in [5.74, 6) is 0.889. The minimum absolute atomic E-state index is 0.639. The zero-order valence-corrected chi connectivity index (χ0v) is 18.5. The molecular weight excluding hydrogens is 381 g/mol. The van der Waals surface area contributed by atoms with Crippen LogP contribution in [0.15, 0.2) is 42.5 Å². The molecule has 2 aromatic heterocycles. The van der Waals surface area contributed by atoms with E-state index < -0.39 is 0 Å². The highest BCUT2D eigenvalue weighted by Crippen LogP contribution is 2.40. The van der Waals surface area contributed by atoms with Gasteiger partial charge in [0.1, 0.15) is 14.5 Å². The van der Waals surface area contributed by atoms with E-state index in [-0.39, 0.29) is 0 Å². The number of aromatic amines is 2. The quantitative estimate of drug-likeness (QED) is 0.365. The lowest BCUT2D eigenvalue weighted by Crippen LogP contribution is -2.25. The maximum atomic E-state index is 6.47. The molecule has 31 heavy (non-hydrogen) atoms. The molecule has 0 saturated carbocycles. The van der Waals surface area contributed by atoms with Crippen LogP contribution < -0.4 is 10.2 Å². The van der Waals surface area contributed by atoms with Gasteiger partial charge in [-0.05, 0) is 51.2 Å². The average Bonchev–Trinajstić information content (AvgIpc) is 3.29. The van der Waals surface area contributed by atoms with Gasteiger partial charge in [-0.3, -0.25) is 0 Å². The van der Waals surface area contributed by atoms with Crippen molar-refractivity contribution in [2.45, 2.75) is 26.7 Å². The van der Waals surface area contributed by atoms with Crippen molar-refractivity contribution in [2.24, 2.45) is 0 Å². The number of nitrogens with one attached hydrogen (secondary N) is 2. The fraction of sp³-hybridized carbons (Fsp3) is 0.308. The number of benzene rings is 3. The van der Waals surface area contributed by atoms with Gasteiger partial charge >= 0.3 is 0 Å². The number of aryl methyl sites for hydroxylation is 1. The number of H-pyrrole nitrogens is 2. The summed E-state index contributed by atoms with van der Waals surface area (Å²) in [6.07, 6.45) is 2.42. The van der Waals surface area contributed by atoms with Crippen molar-refractivity contribution in [3.63, 3.8) is 0 Å². The van der Waals surface area contributed by atoms with Gasteiger partial charge in [0, 0.05) is 39.1 Å². The monoisotopic (exact) mass is 409 g/mol. The first-order valence-electron chi connectivity index (χ1n) is 11.1. The number of aromatic nitrogens is 2. The molecule has 2 radical (unpaired) electrons. The topological polar surface area (TPSA) is 44.0 Å². The van der Waals surface area contributed by atoms with Crippen molar-refractivity contribution >= 4 is 56.9 Å². The highest BCUT2D eigenvalue weighted by atomic mass is 16.5. The molecule has 3 aromatic carbocycles. The molecule has 0 atom stereocenters. The first kappa shape index (κ1) is 20.0. The largest absolute Gasteiger partial charge is 0.488 e. The van der Waals surface area contributed by atoms with Crippen LogP contribution in [-0.4, -0.2) is 49.5 Å². The molecule has 2 N–H and O–H groups in total. The maximum Gasteiger partial charge on any atom is 0.167 e. The molecule has 5 rings (SSSR count). The number of rotatable bonds is 7. The Morgan fingerprint density at radius 3 is 2.26 bits per heavy atom. The van der Waals surface area contributed by atoms with Gasteiger partial charge in [-0.25, -0.2) is 0 Å². The average molecular weight is 409 g/mol. The van der Waals surface area contributed by atoms with Crippen molar-refractivity contribution in [3.8, 4) is 5.75 Å². The molecule has 2 heterocycles. The third kappa shape index (κ3) is 3.57. The molecule has 0 amide bonds. The van der Waals surface area contributed by atoms with Crippen LogP contribution in [0.3, 0.4) is 0 Å². The Morgan fingerprint density at radius 1 is 0.871 bits per heavy atom. The standard InChI is InChI=1S/C26H28BN3O/c1-4-5-10-30(3)11-12-31-26-24-20(18-13-16(2)6-8-22(18)28-24)15-21-19-14-17(27)7-9-23(19)29-25(21)26/h6-9,13-15,28-29H,4-5,10-12H2,1-3H3. The Labute approximate surface area is 184 Å². The Hall–Kier alpha value is -2.92. The zero-order chi connectivity index (χ0) is 21.5. The Bertz CT molecular complexity index is 1300. The van der Waals surface area contributed by atoms with E-state index >= 15 is 0 Å². The highest BCUT2D eigenvalue weighted by molar-refractivity contribution is 6.34. The van der Waals surface area contributed by atoms with E-state index in [1.807, 2.05) is 18.2 Å². The van der Waals surface area contributed by atoms with E-state index in [0.717, 1.165) is 57.1 Å². The fourth-order valence-electron chi connectivity index (χ4n) is 4.47. The maximum absolute atomic E-state index is 6.47. The Balaban J connectivity index is 1.67. The summed E-state index contributed by atoms with van der Waals surface area (Å²) in [5.41, 5.74) is 6.28. The van der Waals surface area contributed by atoms with Crippen LogP contribution in [0.5, 0.6) is 5.75 Å². The van der Waals surface area contributed by atoms with Crippen molar-refractivity contribution in [2.75, 3.05) is 26.7 Å². The second kappa shape index (κ2) is 7.97. The lowest BCUT2D eigenvalue weighted by atomic mass is 9.94. The number of likely N-dealkylation sites (N-methyl/N-ethyl adjacent to an activating group) is 1. The fourth-order valence-corrected chi connectivity index (χ4v) is 4.47. The Morgan fingerprint density at radius 2 is 1.55 bits per heavy atom. The van der Waals surface area contributed by atoms with E-state index in [2.05, 4.69) is 60.0 Å². The number of fused-ring (bicyclic) bond motifs is 6. The summed E-state index contributed by atoms with van der Waals surface area (Å²) in [5, 5.41) is 4.68. The second-order valence-electron chi connectivity index (χ2n) is 8.66. The molecule has 0 aliphatic carbocycles. The minimum atomic E-state index is 0.639. The molecule has 156 valence electrons. The molecule has 0 unspecified atom stereocenters. The van der Waals surface area contributed by atoms with E-state index in [0.29, 0.717) is 6.61 Å². The lowest BCUT2D eigenvalue weighted by Gasteiger charge is -2.17. The van der Waals surface area contributed by atoms with Gasteiger partial charge in [-0.1, -0.05) is 42.6 Å². The van der Waals surface area contributed by atoms with Gasteiger partial charge in [0.25, 0.3) is 0 Å². The van der Waals surface area contributed by atoms with Crippen molar-refractivity contribution in [1.82, 2.24) is 14.9 Å². The normalized spacial score (nSPS) is 12.1. The highest BCUT2D eigenvalue weighted by Gasteiger charge is 2.18. The first-order valence-corrected chi connectivity index (χ1v) is 11.1. The van der Waals surface area contributed by atoms with E-state index in [4.69, 9.17) is 12.6 Å². The van der Waals surface area contributed by atoms with Crippen LogP contribution in [0.4, 0.5) is 0 Å². The van der Waals surface area contributed by atoms with E-state index in [1.54, 1.807) is 0 Å². The summed E-state index contributed by atoms with van der Waals surface area (Å²) in [6.45, 7) is 6.98. The summed E-state index contributed by atoms with van der Waals surface area (Å²) in [6, 6.07) is 14.8. The van der Waals surface area contributed by atoms with E-state index in [9.17, 15) is 0 Å². The van der Waals surface area contributed by atoms with Gasteiger partial charge in [0.05, 0.1) is 11.0 Å². The predicted octanol–water partition coefficient (Wildman–Crippen LogP) is 5.17. The van der Waals surface area contributed by atoms with Gasteiger partial charge in [0.15, 0.2) is 5.75 Å². The van der Waals surface area contributed by atoms with Crippen molar-refractivity contribution < 1.29 is 4.74 Å². The zero-order valence-electron chi connectivity index (χ0n) is 18.5. The van der Waals surface area contributed by atoms with Gasteiger partial charge in [-0.15, -0.1) is 0 Å². The smallest absolute Gasteiger partial charge is 0.167 e. The third-order valence-electron chi connectivity index (χ3n) is 6.21. The van der Waals surface area contributed by atoms with Crippen LogP contribution in [0, 0.1) is 6.92 Å². The first-order chi connectivity index (χ1) is 15.0. The number of unbranched alkanes of at least 4 members (excludes halogenated alkanes) is 1. The second-order valence-corrected chi connectivity index (χ2v) is 8.66. The van der Waals surface area contributed by atoms with Crippen LogP contribution in [0.2, 0.25) is 0 Å². The lowest BCUT2D eigenvalue weighted by molar-refractivity contribution is 0.238. The third-order valence-corrected chi connectivity index (χ3v) is 6.21. The summed E-state index contributed by atoms with van der Waals surface area (Å²) in [7, 11) is 8.27. The summed E-state index contributed by atoms with van der Waals surface area (Å²) >= 11 is 0. The predicted molar refractivity (Wildman–Crippen MR) is 133 cm³/mol. The van der Waals surface area contributed by atoms with Gasteiger partial charge in [0.2, 0.25) is 0 Å². The number of hydrogen-bond acceptors (Lipinski definition) is 2. The van der Waals surface area contributed by atoms with Crippen LogP contribution in [0.1, 0.15) is 25.3 Å². The molecule has 5 aromatic rings. The van der Waals surface area contributed by atoms with Crippen molar-refractivity contribution in [3.05, 3.63) is 48.0 Å². The van der Waals surface area contributed by atoms with Crippen LogP contribution in [-0.2, 0) is 0 Å². The molecule has 0 spiro atoms. The van der Waals surface area contributed by atoms with Crippen LogP contribution in [0.25, 0.3) is 43.6 Å². The minimum Gasteiger partial charge on any atom is -0.488 e. The summed E-state index contributed by atoms with van der Waals surface area (Å²) < 4.78 is 6.47. The molecule has 0 bridgehead atoms.